The van der Waals surface area contributed by atoms with Crippen LogP contribution in [0.2, 0.25) is 0 Å². The first-order valence-electron chi connectivity index (χ1n) is 5.27. The quantitative estimate of drug-likeness (QED) is 0.746. The highest BCUT2D eigenvalue weighted by Crippen LogP contribution is 2.35. The van der Waals surface area contributed by atoms with Gasteiger partial charge in [-0.3, -0.25) is 4.98 Å². The zero-order valence-corrected chi connectivity index (χ0v) is 9.92. The van der Waals surface area contributed by atoms with Gasteiger partial charge in [-0.1, -0.05) is 13.8 Å². The third-order valence-electron chi connectivity index (χ3n) is 3.22. The highest BCUT2D eigenvalue weighted by atomic mass is 32.1. The number of hydrogen-bond donors (Lipinski definition) is 0. The summed E-state index contributed by atoms with van der Waals surface area (Å²) in [6, 6.07) is 0.752. The molecule has 0 bridgehead atoms. The van der Waals surface area contributed by atoms with Crippen LogP contribution in [0.5, 0.6) is 0 Å². The Labute approximate surface area is 90.0 Å². The van der Waals surface area contributed by atoms with Gasteiger partial charge in [0.15, 0.2) is 0 Å². The maximum atomic E-state index is 4.16. The average Bonchev–Trinajstić information content (AvgIpc) is 2.70. The van der Waals surface area contributed by atoms with E-state index < -0.39 is 0 Å². The van der Waals surface area contributed by atoms with Crippen LogP contribution in [0.4, 0.5) is 0 Å². The van der Waals surface area contributed by atoms with Crippen LogP contribution in [0.3, 0.4) is 0 Å². The van der Waals surface area contributed by atoms with E-state index in [0.717, 1.165) is 17.9 Å². The zero-order chi connectivity index (χ0) is 10.1. The first-order valence-corrected chi connectivity index (χ1v) is 6.15. The van der Waals surface area contributed by atoms with Crippen molar-refractivity contribution >= 4 is 11.3 Å². The molecule has 1 aliphatic rings. The minimum absolute atomic E-state index is 0.722. The van der Waals surface area contributed by atoms with Crippen LogP contribution in [-0.4, -0.2) is 29.5 Å². The number of nitrogens with zero attached hydrogens (tertiary/aromatic N) is 2. The Kier molecular flexibility index (Phi) is 2.88. The van der Waals surface area contributed by atoms with Gasteiger partial charge in [0.05, 0.1) is 5.51 Å². The molecule has 0 unspecified atom stereocenters. The standard InChI is InChI=1S/C11H18N2S/c1-8(2)10-4-9(6-13(10)3)11-5-12-7-14-11/h5,7-10H,4,6H2,1-3H3/t9-,10-/m0/s1. The molecule has 2 nitrogen and oxygen atoms in total. The van der Waals surface area contributed by atoms with Crippen molar-refractivity contribution in [2.45, 2.75) is 32.2 Å². The van der Waals surface area contributed by atoms with E-state index in [1.165, 1.54) is 17.8 Å². The van der Waals surface area contributed by atoms with Gasteiger partial charge in [-0.15, -0.1) is 11.3 Å². The molecule has 2 heterocycles. The summed E-state index contributed by atoms with van der Waals surface area (Å²) in [7, 11) is 2.24. The Morgan fingerprint density at radius 1 is 1.57 bits per heavy atom. The molecule has 0 saturated carbocycles. The van der Waals surface area contributed by atoms with Crippen LogP contribution in [0, 0.1) is 5.92 Å². The molecule has 0 spiro atoms. The van der Waals surface area contributed by atoms with Crippen LogP contribution in [-0.2, 0) is 0 Å². The van der Waals surface area contributed by atoms with E-state index in [-0.39, 0.29) is 0 Å². The first-order chi connectivity index (χ1) is 6.68. The maximum Gasteiger partial charge on any atom is 0.0794 e. The van der Waals surface area contributed by atoms with Gasteiger partial charge in [-0.25, -0.2) is 0 Å². The summed E-state index contributed by atoms with van der Waals surface area (Å²) in [5.74, 6) is 1.48. The predicted molar refractivity (Wildman–Crippen MR) is 60.7 cm³/mol. The van der Waals surface area contributed by atoms with Crippen molar-refractivity contribution in [1.29, 1.82) is 0 Å². The van der Waals surface area contributed by atoms with Crippen LogP contribution in [0.15, 0.2) is 11.7 Å². The Morgan fingerprint density at radius 2 is 2.36 bits per heavy atom. The zero-order valence-electron chi connectivity index (χ0n) is 9.10. The molecule has 2 rings (SSSR count). The average molecular weight is 210 g/mol. The minimum Gasteiger partial charge on any atom is -0.303 e. The summed E-state index contributed by atoms with van der Waals surface area (Å²) >= 11 is 1.80. The van der Waals surface area contributed by atoms with Crippen molar-refractivity contribution in [3.8, 4) is 0 Å². The SMILES string of the molecule is CC(C)[C@@H]1C[C@H](c2cncs2)CN1C. The van der Waals surface area contributed by atoms with E-state index in [2.05, 4.69) is 30.8 Å². The summed E-state index contributed by atoms with van der Waals surface area (Å²) in [5, 5.41) is 0. The molecule has 0 aromatic carbocycles. The predicted octanol–water partition coefficient (Wildman–Crippen LogP) is 2.59. The molecule has 1 fully saturated rings. The van der Waals surface area contributed by atoms with Crippen molar-refractivity contribution in [2.75, 3.05) is 13.6 Å². The van der Waals surface area contributed by atoms with Gasteiger partial charge >= 0.3 is 0 Å². The van der Waals surface area contributed by atoms with Gasteiger partial charge in [0.25, 0.3) is 0 Å². The summed E-state index contributed by atoms with van der Waals surface area (Å²) in [5.41, 5.74) is 1.94. The monoisotopic (exact) mass is 210 g/mol. The molecule has 1 saturated heterocycles. The number of likely N-dealkylation sites (N-methyl/N-ethyl adjacent to an activating group) is 1. The lowest BCUT2D eigenvalue weighted by atomic mass is 9.97. The highest BCUT2D eigenvalue weighted by Gasteiger charge is 2.32. The molecule has 1 aromatic rings. The van der Waals surface area contributed by atoms with Crippen LogP contribution in [0.1, 0.15) is 31.1 Å². The molecule has 0 radical (unpaired) electrons. The van der Waals surface area contributed by atoms with E-state index in [4.69, 9.17) is 0 Å². The van der Waals surface area contributed by atoms with Crippen LogP contribution < -0.4 is 0 Å². The molecule has 0 amide bonds. The van der Waals surface area contributed by atoms with Crippen molar-refractivity contribution in [3.63, 3.8) is 0 Å². The Bertz CT molecular complexity index is 281. The summed E-state index contributed by atoms with van der Waals surface area (Å²) in [4.78, 5) is 8.12. The molecule has 0 aliphatic carbocycles. The summed E-state index contributed by atoms with van der Waals surface area (Å²) in [6.45, 7) is 5.83. The van der Waals surface area contributed by atoms with E-state index in [9.17, 15) is 0 Å². The number of thiazole rings is 1. The lowest BCUT2D eigenvalue weighted by molar-refractivity contribution is 0.250. The fourth-order valence-corrected chi connectivity index (χ4v) is 3.17. The second-order valence-corrected chi connectivity index (χ2v) is 5.51. The van der Waals surface area contributed by atoms with Gasteiger partial charge < -0.3 is 4.90 Å². The topological polar surface area (TPSA) is 16.1 Å². The molecule has 1 aromatic heterocycles. The van der Waals surface area contributed by atoms with Gasteiger partial charge in [-0.05, 0) is 19.4 Å². The van der Waals surface area contributed by atoms with E-state index in [1.807, 2.05) is 11.7 Å². The number of likely N-dealkylation sites (tertiary alicyclic amines) is 1. The Hall–Kier alpha value is -0.410. The molecule has 14 heavy (non-hydrogen) atoms. The molecule has 78 valence electrons. The number of aromatic nitrogens is 1. The third-order valence-corrected chi connectivity index (χ3v) is 4.16. The second-order valence-electron chi connectivity index (χ2n) is 4.59. The maximum absolute atomic E-state index is 4.16. The van der Waals surface area contributed by atoms with Crippen molar-refractivity contribution in [3.05, 3.63) is 16.6 Å². The molecular weight excluding hydrogens is 192 g/mol. The second kappa shape index (κ2) is 3.99. The normalized spacial score (nSPS) is 28.9. The Balaban J connectivity index is 2.06. The summed E-state index contributed by atoms with van der Waals surface area (Å²) in [6.07, 6.45) is 3.34. The largest absolute Gasteiger partial charge is 0.303 e. The van der Waals surface area contributed by atoms with Crippen molar-refractivity contribution in [2.24, 2.45) is 5.92 Å². The summed E-state index contributed by atoms with van der Waals surface area (Å²) < 4.78 is 0. The number of hydrogen-bond acceptors (Lipinski definition) is 3. The third kappa shape index (κ3) is 1.84. The lowest BCUT2D eigenvalue weighted by Gasteiger charge is -2.22. The van der Waals surface area contributed by atoms with Crippen LogP contribution in [0.25, 0.3) is 0 Å². The number of rotatable bonds is 2. The fourth-order valence-electron chi connectivity index (χ4n) is 2.44. The van der Waals surface area contributed by atoms with Crippen molar-refractivity contribution in [1.82, 2.24) is 9.88 Å². The molecule has 0 N–H and O–H groups in total. The van der Waals surface area contributed by atoms with Crippen LogP contribution >= 0.6 is 11.3 Å². The Morgan fingerprint density at radius 3 is 2.86 bits per heavy atom. The van der Waals surface area contributed by atoms with E-state index >= 15 is 0 Å². The molecule has 1 aliphatic heterocycles. The van der Waals surface area contributed by atoms with E-state index in [1.54, 1.807) is 11.3 Å². The van der Waals surface area contributed by atoms with Gasteiger partial charge in [0.1, 0.15) is 0 Å². The molecule has 3 heteroatoms. The lowest BCUT2D eigenvalue weighted by Crippen LogP contribution is -2.29. The first kappa shape index (κ1) is 10.1. The minimum atomic E-state index is 0.722. The molecule has 2 atom stereocenters. The van der Waals surface area contributed by atoms with Gasteiger partial charge in [0, 0.05) is 29.6 Å². The highest BCUT2D eigenvalue weighted by molar-refractivity contribution is 7.09. The smallest absolute Gasteiger partial charge is 0.0794 e. The fraction of sp³-hybridized carbons (Fsp3) is 0.727. The van der Waals surface area contributed by atoms with Gasteiger partial charge in [0.2, 0.25) is 0 Å². The van der Waals surface area contributed by atoms with Crippen molar-refractivity contribution < 1.29 is 0 Å². The molecular formula is C11H18N2S. The van der Waals surface area contributed by atoms with Gasteiger partial charge in [-0.2, -0.15) is 0 Å². The van der Waals surface area contributed by atoms with E-state index in [0.29, 0.717) is 0 Å².